The van der Waals surface area contributed by atoms with Gasteiger partial charge in [0.25, 0.3) is 0 Å². The van der Waals surface area contributed by atoms with Crippen LogP contribution in [0.15, 0.2) is 30.3 Å². The minimum Gasteiger partial charge on any atom is -0.508 e. The third-order valence-corrected chi connectivity index (χ3v) is 5.24. The van der Waals surface area contributed by atoms with Crippen LogP contribution in [0.25, 0.3) is 0 Å². The Bertz CT molecular complexity index is 868. The van der Waals surface area contributed by atoms with Crippen LogP contribution in [0.4, 0.5) is 0 Å². The minimum absolute atomic E-state index is 0.0614. The first kappa shape index (κ1) is 18.7. The maximum absolute atomic E-state index is 11.1. The molecule has 2 aromatic rings. The van der Waals surface area contributed by atoms with E-state index in [-0.39, 0.29) is 32.4 Å². The standard InChI is InChI=1S/C20H22O8/c21-8-14(3-12-1-2-16-17(4-12)26-10-25-16)20(24,9-22)7-13-5-18-19(6-15(13)23)28-11-27-18/h1-2,4-6,14,21-24H,3,7-11H2/t14-,20+/m0/s1. The van der Waals surface area contributed by atoms with Gasteiger partial charge in [-0.2, -0.15) is 0 Å². The second-order valence-corrected chi connectivity index (χ2v) is 7.04. The van der Waals surface area contributed by atoms with Crippen LogP contribution in [0.5, 0.6) is 28.7 Å². The Morgan fingerprint density at radius 1 is 0.893 bits per heavy atom. The zero-order valence-corrected chi connectivity index (χ0v) is 15.1. The van der Waals surface area contributed by atoms with Crippen molar-refractivity contribution in [2.24, 2.45) is 5.92 Å². The van der Waals surface area contributed by atoms with Crippen molar-refractivity contribution in [3.63, 3.8) is 0 Å². The fraction of sp³-hybridized carbons (Fsp3) is 0.400. The highest BCUT2D eigenvalue weighted by atomic mass is 16.7. The molecule has 0 unspecified atom stereocenters. The Kier molecular flexibility index (Phi) is 4.92. The second-order valence-electron chi connectivity index (χ2n) is 7.04. The number of phenols is 1. The van der Waals surface area contributed by atoms with E-state index >= 15 is 0 Å². The lowest BCUT2D eigenvalue weighted by Crippen LogP contribution is -2.46. The van der Waals surface area contributed by atoms with Gasteiger partial charge in [0.1, 0.15) is 5.75 Å². The molecule has 4 N–H and O–H groups in total. The van der Waals surface area contributed by atoms with Crippen molar-refractivity contribution in [1.82, 2.24) is 0 Å². The van der Waals surface area contributed by atoms with Gasteiger partial charge in [0.2, 0.25) is 13.6 Å². The molecule has 2 aliphatic rings. The van der Waals surface area contributed by atoms with Crippen LogP contribution < -0.4 is 18.9 Å². The fourth-order valence-electron chi connectivity index (χ4n) is 3.55. The van der Waals surface area contributed by atoms with Crippen molar-refractivity contribution in [3.05, 3.63) is 41.5 Å². The van der Waals surface area contributed by atoms with Crippen molar-refractivity contribution in [2.45, 2.75) is 18.4 Å². The number of rotatable bonds is 7. The maximum atomic E-state index is 11.1. The normalized spacial score (nSPS) is 17.4. The van der Waals surface area contributed by atoms with E-state index < -0.39 is 18.1 Å². The van der Waals surface area contributed by atoms with E-state index in [9.17, 15) is 20.4 Å². The fourth-order valence-corrected chi connectivity index (χ4v) is 3.55. The van der Waals surface area contributed by atoms with Gasteiger partial charge in [0, 0.05) is 30.6 Å². The highest BCUT2D eigenvalue weighted by Crippen LogP contribution is 2.40. The summed E-state index contributed by atoms with van der Waals surface area (Å²) in [6.07, 6.45) is 0.233. The molecule has 2 aromatic carbocycles. The number of aliphatic hydroxyl groups excluding tert-OH is 2. The molecule has 0 amide bonds. The van der Waals surface area contributed by atoms with Gasteiger partial charge in [-0.3, -0.25) is 0 Å². The molecule has 0 fully saturated rings. The van der Waals surface area contributed by atoms with Crippen molar-refractivity contribution in [1.29, 1.82) is 0 Å². The zero-order chi connectivity index (χ0) is 19.7. The molecule has 0 aliphatic carbocycles. The predicted molar refractivity (Wildman–Crippen MR) is 96.8 cm³/mol. The molecule has 28 heavy (non-hydrogen) atoms. The van der Waals surface area contributed by atoms with Crippen molar-refractivity contribution < 1.29 is 39.4 Å². The average molecular weight is 390 g/mol. The molecular weight excluding hydrogens is 368 g/mol. The Balaban J connectivity index is 1.56. The number of ether oxygens (including phenoxy) is 4. The van der Waals surface area contributed by atoms with Gasteiger partial charge in [0.05, 0.1) is 12.2 Å². The van der Waals surface area contributed by atoms with Crippen LogP contribution >= 0.6 is 0 Å². The van der Waals surface area contributed by atoms with Crippen LogP contribution in [-0.4, -0.2) is 52.8 Å². The Labute approximate surface area is 161 Å². The Morgan fingerprint density at radius 2 is 1.54 bits per heavy atom. The van der Waals surface area contributed by atoms with Gasteiger partial charge in [-0.15, -0.1) is 0 Å². The van der Waals surface area contributed by atoms with Crippen LogP contribution in [-0.2, 0) is 12.8 Å². The second kappa shape index (κ2) is 7.38. The summed E-state index contributed by atoms with van der Waals surface area (Å²) in [7, 11) is 0. The van der Waals surface area contributed by atoms with Gasteiger partial charge in [-0.05, 0) is 30.2 Å². The molecule has 0 saturated carbocycles. The molecule has 0 spiro atoms. The summed E-state index contributed by atoms with van der Waals surface area (Å²) in [6, 6.07) is 8.38. The van der Waals surface area contributed by atoms with Gasteiger partial charge < -0.3 is 39.4 Å². The lowest BCUT2D eigenvalue weighted by Gasteiger charge is -2.34. The third-order valence-electron chi connectivity index (χ3n) is 5.24. The average Bonchev–Trinajstić information content (AvgIpc) is 3.34. The summed E-state index contributed by atoms with van der Waals surface area (Å²) in [6.45, 7) is -0.717. The molecule has 4 rings (SSSR count). The smallest absolute Gasteiger partial charge is 0.231 e. The third kappa shape index (κ3) is 3.42. The molecule has 2 aliphatic heterocycles. The molecule has 2 heterocycles. The molecular formula is C20H22O8. The largest absolute Gasteiger partial charge is 0.508 e. The lowest BCUT2D eigenvalue weighted by molar-refractivity contribution is -0.0766. The number of hydrogen-bond donors (Lipinski definition) is 4. The first-order chi connectivity index (χ1) is 13.5. The van der Waals surface area contributed by atoms with Crippen LogP contribution in [0.2, 0.25) is 0 Å². The molecule has 0 aromatic heterocycles. The molecule has 8 heteroatoms. The van der Waals surface area contributed by atoms with E-state index in [1.54, 1.807) is 18.2 Å². The molecule has 150 valence electrons. The Morgan fingerprint density at radius 3 is 2.21 bits per heavy atom. The van der Waals surface area contributed by atoms with Crippen molar-refractivity contribution >= 4 is 0 Å². The van der Waals surface area contributed by atoms with Gasteiger partial charge in [-0.1, -0.05) is 6.07 Å². The topological polar surface area (TPSA) is 118 Å². The Hall–Kier alpha value is -2.68. The number of benzene rings is 2. The number of hydrogen-bond acceptors (Lipinski definition) is 8. The number of phenolic OH excluding ortho intramolecular Hbond substituents is 1. The van der Waals surface area contributed by atoms with Gasteiger partial charge >= 0.3 is 0 Å². The minimum atomic E-state index is -1.66. The first-order valence-corrected chi connectivity index (χ1v) is 8.96. The number of aliphatic hydroxyl groups is 3. The molecule has 0 saturated heterocycles. The summed E-state index contributed by atoms with van der Waals surface area (Å²) in [5, 5.41) is 41.2. The van der Waals surface area contributed by atoms with E-state index in [1.807, 2.05) is 6.07 Å². The van der Waals surface area contributed by atoms with E-state index in [2.05, 4.69) is 0 Å². The lowest BCUT2D eigenvalue weighted by atomic mass is 9.79. The summed E-state index contributed by atoms with van der Waals surface area (Å²) in [5.41, 5.74) is -0.439. The van der Waals surface area contributed by atoms with Crippen molar-refractivity contribution in [3.8, 4) is 28.7 Å². The van der Waals surface area contributed by atoms with Gasteiger partial charge in [0.15, 0.2) is 23.0 Å². The van der Waals surface area contributed by atoms with Crippen LogP contribution in [0.3, 0.4) is 0 Å². The predicted octanol–water partition coefficient (Wildman–Crippen LogP) is 0.967. The van der Waals surface area contributed by atoms with Gasteiger partial charge in [-0.25, -0.2) is 0 Å². The van der Waals surface area contributed by atoms with E-state index in [1.165, 1.54) is 6.07 Å². The monoisotopic (exact) mass is 390 g/mol. The van der Waals surface area contributed by atoms with Crippen LogP contribution in [0.1, 0.15) is 11.1 Å². The van der Waals surface area contributed by atoms with E-state index in [0.29, 0.717) is 35.0 Å². The van der Waals surface area contributed by atoms with Crippen molar-refractivity contribution in [2.75, 3.05) is 26.8 Å². The summed E-state index contributed by atoms with van der Waals surface area (Å²) < 4.78 is 21.2. The molecule has 0 radical (unpaired) electrons. The highest BCUT2D eigenvalue weighted by Gasteiger charge is 2.37. The summed E-state index contributed by atoms with van der Waals surface area (Å²) in [5.74, 6) is 1.39. The first-order valence-electron chi connectivity index (χ1n) is 8.96. The molecule has 2 atom stereocenters. The summed E-state index contributed by atoms with van der Waals surface area (Å²) in [4.78, 5) is 0. The number of aromatic hydroxyl groups is 1. The molecule has 0 bridgehead atoms. The SMILES string of the molecule is OC[C@H](Cc1ccc2c(c1)OCO2)[C@](O)(CO)Cc1cc2c(cc1O)OCO2. The maximum Gasteiger partial charge on any atom is 0.231 e. The summed E-state index contributed by atoms with van der Waals surface area (Å²) >= 11 is 0. The number of fused-ring (bicyclic) bond motifs is 2. The zero-order valence-electron chi connectivity index (χ0n) is 15.1. The quantitative estimate of drug-likeness (QED) is 0.552. The molecule has 8 nitrogen and oxygen atoms in total. The highest BCUT2D eigenvalue weighted by molar-refractivity contribution is 5.51. The van der Waals surface area contributed by atoms with E-state index in [0.717, 1.165) is 5.56 Å². The van der Waals surface area contributed by atoms with Crippen LogP contribution in [0, 0.1) is 5.92 Å². The van der Waals surface area contributed by atoms with E-state index in [4.69, 9.17) is 18.9 Å².